The lowest BCUT2D eigenvalue weighted by atomic mass is 9.87. The summed E-state index contributed by atoms with van der Waals surface area (Å²) in [5.41, 5.74) is 6.17. The van der Waals surface area contributed by atoms with Gasteiger partial charge < -0.3 is 55.6 Å². The molecule has 4 heterocycles. The van der Waals surface area contributed by atoms with Gasteiger partial charge in [0.2, 0.25) is 11.8 Å². The van der Waals surface area contributed by atoms with Gasteiger partial charge in [-0.3, -0.25) is 27.7 Å². The van der Waals surface area contributed by atoms with E-state index < -0.39 is 78.6 Å². The van der Waals surface area contributed by atoms with Gasteiger partial charge in [-0.15, -0.1) is 5.10 Å². The summed E-state index contributed by atoms with van der Waals surface area (Å²) in [6.45, 7) is 7.98. The minimum Gasteiger partial charge on any atom is -0.386 e. The molecule has 30 heteroatoms. The molecule has 10 N–H and O–H groups in total. The third-order valence-electron chi connectivity index (χ3n) is 11.3. The number of imidazole rings is 1. The quantitative estimate of drug-likeness (QED) is 0.0646. The fourth-order valence-electron chi connectivity index (χ4n) is 7.84. The predicted molar refractivity (Wildman–Crippen MR) is 222 cm³/mol. The monoisotopic (exact) mass is 982 g/mol. The van der Waals surface area contributed by atoms with Crippen molar-refractivity contribution in [3.8, 4) is 0 Å². The maximum Gasteiger partial charge on any atom is 0.481 e. The molecule has 27 nitrogen and oxygen atoms in total. The summed E-state index contributed by atoms with van der Waals surface area (Å²) in [7, 11) is -16.4. The predicted octanol–water partition coefficient (Wildman–Crippen LogP) is 0.253. The van der Waals surface area contributed by atoms with Gasteiger partial charge in [0.1, 0.15) is 36.3 Å². The number of anilines is 1. The van der Waals surface area contributed by atoms with E-state index in [1.165, 1.54) is 13.8 Å². The second-order valence-electron chi connectivity index (χ2n) is 17.8. The summed E-state index contributed by atoms with van der Waals surface area (Å²) in [4.78, 5) is 76.6. The molecule has 3 aromatic heterocycles. The normalized spacial score (nSPS) is 26.0. The van der Waals surface area contributed by atoms with Crippen LogP contribution in [0.5, 0.6) is 0 Å². The van der Waals surface area contributed by atoms with Gasteiger partial charge in [0.05, 0.1) is 49.7 Å². The number of carbonyl (C=O) groups is 2. The molecule has 1 saturated carbocycles. The summed E-state index contributed by atoms with van der Waals surface area (Å²) < 4.78 is 70.5. The van der Waals surface area contributed by atoms with E-state index in [0.29, 0.717) is 24.3 Å². The number of aliphatic hydroxyl groups excluding tert-OH is 2. The Morgan fingerprint density at radius 2 is 1.66 bits per heavy atom. The fraction of sp³-hybridized carbons (Fsp3) is 0.743. The van der Waals surface area contributed by atoms with Gasteiger partial charge >= 0.3 is 23.5 Å². The number of phosphoric ester groups is 3. The Balaban J connectivity index is 0.913. The molecule has 6 rings (SSSR count). The highest BCUT2D eigenvalue weighted by molar-refractivity contribution is 7.61. The molecule has 0 spiro atoms. The molecule has 3 aromatic rings. The van der Waals surface area contributed by atoms with Gasteiger partial charge in [-0.25, -0.2) is 33.3 Å². The van der Waals surface area contributed by atoms with Crippen molar-refractivity contribution in [3.05, 3.63) is 24.0 Å². The summed E-state index contributed by atoms with van der Waals surface area (Å²) in [5, 5.41) is 35.6. The number of aliphatic hydroxyl groups is 2. The maximum absolute atomic E-state index is 12.8. The van der Waals surface area contributed by atoms with Crippen molar-refractivity contribution < 1.29 is 80.4 Å². The number of aryl methyl sites for hydroxylation is 1. The van der Waals surface area contributed by atoms with Crippen molar-refractivity contribution in [3.63, 3.8) is 0 Å². The summed E-state index contributed by atoms with van der Waals surface area (Å²) >= 11 is 0. The Morgan fingerprint density at radius 1 is 0.969 bits per heavy atom. The van der Waals surface area contributed by atoms with E-state index in [9.17, 15) is 53.1 Å². The average Bonchev–Trinajstić information content (AvgIpc) is 3.43. The summed E-state index contributed by atoms with van der Waals surface area (Å²) in [6.07, 6.45) is -3.12. The van der Waals surface area contributed by atoms with E-state index >= 15 is 0 Å². The molecule has 1 saturated heterocycles. The number of nitrogens with one attached hydrogen (secondary N) is 2. The van der Waals surface area contributed by atoms with Gasteiger partial charge in [-0.2, -0.15) is 4.31 Å². The lowest BCUT2D eigenvalue weighted by Gasteiger charge is -2.30. The SMILES string of the molecule is CC(C)(C)OC[C@H]1C2CCc3nnn(CCNC(=O)CCNC(=O)C(O)C(C)(C)COP(=O)(O)OP(=O)(O)OCC4OC(n5cnc6c(N)ncnc65)C(O)C4OP(=O)(O)O)c3CCC21. The summed E-state index contributed by atoms with van der Waals surface area (Å²) in [6, 6.07) is 0. The number of amides is 2. The van der Waals surface area contributed by atoms with Crippen LogP contribution in [0.4, 0.5) is 5.82 Å². The number of hydrogen-bond donors (Lipinski definition) is 9. The number of carbonyl (C=O) groups excluding carboxylic acids is 2. The van der Waals surface area contributed by atoms with E-state index in [4.69, 9.17) is 24.3 Å². The van der Waals surface area contributed by atoms with Crippen molar-refractivity contribution >= 4 is 52.3 Å². The second-order valence-corrected chi connectivity index (χ2v) is 22.0. The number of phosphoric acid groups is 3. The molecule has 364 valence electrons. The highest BCUT2D eigenvalue weighted by atomic mass is 31.3. The molecule has 0 radical (unpaired) electrons. The van der Waals surface area contributed by atoms with E-state index in [-0.39, 0.29) is 48.0 Å². The number of ether oxygens (including phenoxy) is 2. The van der Waals surface area contributed by atoms with Crippen LogP contribution in [0.3, 0.4) is 0 Å². The molecule has 10 atom stereocenters. The lowest BCUT2D eigenvalue weighted by molar-refractivity contribution is -0.137. The zero-order chi connectivity index (χ0) is 47.7. The molecule has 2 amide bonds. The third kappa shape index (κ3) is 13.4. The number of rotatable bonds is 21. The number of aromatic nitrogens is 7. The Kier molecular flexibility index (Phi) is 15.8. The van der Waals surface area contributed by atoms with Gasteiger partial charge in [0, 0.05) is 24.9 Å². The molecular weight excluding hydrogens is 925 g/mol. The molecule has 9 unspecified atom stereocenters. The standard InChI is InChI=1S/C35H57N10O17P3/c1-34(2,3)57-14-21-19-6-8-22-23(9-7-20(19)21)45(43-42-22)13-12-37-25(46)10-11-38-32(49)29(48)35(4,5)16-59-65(55,56)62-64(53,54)58-15-24-28(61-63(50,51)52)27(47)33(60-24)44-18-41-26-30(36)39-17-40-31(26)44/h17-21,24,27-29,33,47-48H,6-16H2,1-5H3,(H,37,46)(H,38,49)(H,53,54)(H,55,56)(H2,36,39,40)(H2,50,51,52)/t19?,20?,21-,24?,27?,28?,29?,33?/m0/s1. The fourth-order valence-corrected chi connectivity index (χ4v) is 10.7. The van der Waals surface area contributed by atoms with Crippen LogP contribution in [0.1, 0.15) is 71.5 Å². The first kappa shape index (κ1) is 51.0. The van der Waals surface area contributed by atoms with Crippen LogP contribution in [0.2, 0.25) is 0 Å². The molecular formula is C35H57N10O17P3. The number of hydrogen-bond acceptors (Lipinski definition) is 19. The highest BCUT2D eigenvalue weighted by Gasteiger charge is 2.51. The average molecular weight is 983 g/mol. The largest absolute Gasteiger partial charge is 0.481 e. The first-order chi connectivity index (χ1) is 30.2. The van der Waals surface area contributed by atoms with Crippen molar-refractivity contribution in [2.24, 2.45) is 23.2 Å². The van der Waals surface area contributed by atoms with Crippen LogP contribution < -0.4 is 16.4 Å². The lowest BCUT2D eigenvalue weighted by Crippen LogP contribution is -2.46. The molecule has 0 aromatic carbocycles. The highest BCUT2D eigenvalue weighted by Crippen LogP contribution is 2.61. The first-order valence-corrected chi connectivity index (χ1v) is 25.2. The Labute approximate surface area is 372 Å². The number of fused-ring (bicyclic) bond motifs is 3. The van der Waals surface area contributed by atoms with Crippen LogP contribution in [0.25, 0.3) is 11.2 Å². The third-order valence-corrected chi connectivity index (χ3v) is 14.4. The van der Waals surface area contributed by atoms with E-state index in [0.717, 1.165) is 60.9 Å². The number of nitrogens with zero attached hydrogens (tertiary/aromatic N) is 7. The van der Waals surface area contributed by atoms with Crippen LogP contribution in [-0.4, -0.2) is 139 Å². The van der Waals surface area contributed by atoms with E-state index in [1.54, 1.807) is 0 Å². The topological polar surface area (TPSA) is 386 Å². The number of nitrogen functional groups attached to an aromatic ring is 1. The van der Waals surface area contributed by atoms with Crippen LogP contribution in [-0.2, 0) is 70.0 Å². The minimum atomic E-state index is -5.58. The van der Waals surface area contributed by atoms with Crippen molar-refractivity contribution in [2.45, 2.75) is 110 Å². The number of nitrogens with two attached hydrogens (primary N) is 1. The molecule has 2 fully saturated rings. The summed E-state index contributed by atoms with van der Waals surface area (Å²) in [5.74, 6) is 0.439. The molecule has 65 heavy (non-hydrogen) atoms. The Bertz CT molecular complexity index is 2320. The molecule has 0 bridgehead atoms. The van der Waals surface area contributed by atoms with Crippen LogP contribution in [0, 0.1) is 23.2 Å². The van der Waals surface area contributed by atoms with E-state index in [1.807, 2.05) is 4.68 Å². The zero-order valence-corrected chi connectivity index (χ0v) is 39.0. The van der Waals surface area contributed by atoms with Crippen LogP contribution >= 0.6 is 23.5 Å². The molecule has 1 aliphatic heterocycles. The van der Waals surface area contributed by atoms with Gasteiger partial charge in [0.15, 0.2) is 17.7 Å². The van der Waals surface area contributed by atoms with E-state index in [2.05, 4.69) is 65.5 Å². The second kappa shape index (κ2) is 20.1. The maximum atomic E-state index is 12.8. The van der Waals surface area contributed by atoms with Crippen molar-refractivity contribution in [1.82, 2.24) is 45.1 Å². The van der Waals surface area contributed by atoms with Gasteiger partial charge in [-0.1, -0.05) is 19.1 Å². The zero-order valence-electron chi connectivity index (χ0n) is 36.3. The smallest absolute Gasteiger partial charge is 0.386 e. The minimum absolute atomic E-state index is 0.0352. The van der Waals surface area contributed by atoms with Crippen LogP contribution in [0.15, 0.2) is 12.7 Å². The van der Waals surface area contributed by atoms with Gasteiger partial charge in [0.25, 0.3) is 0 Å². The molecule has 3 aliphatic rings. The molecule has 2 aliphatic carbocycles. The van der Waals surface area contributed by atoms with Crippen molar-refractivity contribution in [1.29, 1.82) is 0 Å². The van der Waals surface area contributed by atoms with Gasteiger partial charge in [-0.05, 0) is 64.2 Å². The Hall–Kier alpha value is -3.36. The first-order valence-electron chi connectivity index (χ1n) is 20.7. The van der Waals surface area contributed by atoms with Crippen molar-refractivity contribution in [2.75, 3.05) is 38.6 Å². The Morgan fingerprint density at radius 3 is 2.35 bits per heavy atom.